The van der Waals surface area contributed by atoms with Crippen molar-refractivity contribution in [2.45, 2.75) is 38.6 Å². The molecule has 0 saturated carbocycles. The Hall–Kier alpha value is -1.74. The molecule has 1 aromatic heterocycles. The maximum absolute atomic E-state index is 4.90. The lowest BCUT2D eigenvalue weighted by atomic mass is 9.99. The highest BCUT2D eigenvalue weighted by Gasteiger charge is 2.27. The lowest BCUT2D eigenvalue weighted by Gasteiger charge is -2.20. The molecule has 0 radical (unpaired) electrons. The molecule has 2 aromatic rings. The monoisotopic (exact) mass is 265 g/mol. The van der Waals surface area contributed by atoms with Crippen LogP contribution in [0.4, 0.5) is 0 Å². The molecule has 3 heteroatoms. The Balaban J connectivity index is 1.79. The first kappa shape index (κ1) is 12.0. The molecule has 0 amide bonds. The normalized spacial score (nSPS) is 20.6. The molecule has 20 heavy (non-hydrogen) atoms. The summed E-state index contributed by atoms with van der Waals surface area (Å²) in [5.74, 6) is 1.43. The molecule has 0 saturated heterocycles. The maximum Gasteiger partial charge on any atom is 0.136 e. The first-order chi connectivity index (χ1) is 9.83. The van der Waals surface area contributed by atoms with Gasteiger partial charge in [-0.05, 0) is 30.9 Å². The lowest BCUT2D eigenvalue weighted by molar-refractivity contribution is 0.605. The van der Waals surface area contributed by atoms with E-state index in [9.17, 15) is 0 Å². The zero-order valence-electron chi connectivity index (χ0n) is 11.8. The predicted octanol–water partition coefficient (Wildman–Crippen LogP) is 2.51. The fourth-order valence-electron chi connectivity index (χ4n) is 3.52. The molecule has 0 spiro atoms. The summed E-state index contributed by atoms with van der Waals surface area (Å²) < 4.78 is 0. The molecule has 1 aliphatic carbocycles. The quantitative estimate of drug-likeness (QED) is 0.861. The topological polar surface area (TPSA) is 37.8 Å². The summed E-state index contributed by atoms with van der Waals surface area (Å²) in [5, 5.41) is 3.41. The molecule has 3 nitrogen and oxygen atoms in total. The van der Waals surface area contributed by atoms with Gasteiger partial charge in [-0.2, -0.15) is 0 Å². The minimum Gasteiger partial charge on any atom is -0.312 e. The molecule has 102 valence electrons. The molecule has 2 aliphatic rings. The number of aromatic nitrogens is 2. The summed E-state index contributed by atoms with van der Waals surface area (Å²) >= 11 is 0. The zero-order valence-corrected chi connectivity index (χ0v) is 11.8. The van der Waals surface area contributed by atoms with Crippen LogP contribution in [-0.2, 0) is 19.4 Å². The van der Waals surface area contributed by atoms with Crippen LogP contribution in [0.3, 0.4) is 0 Å². The van der Waals surface area contributed by atoms with Crippen molar-refractivity contribution in [1.29, 1.82) is 0 Å². The molecule has 1 atom stereocenters. The Morgan fingerprint density at radius 1 is 1.15 bits per heavy atom. The van der Waals surface area contributed by atoms with Crippen LogP contribution in [0.15, 0.2) is 24.3 Å². The summed E-state index contributed by atoms with van der Waals surface area (Å²) in [6.45, 7) is 4.07. The molecule has 1 unspecified atom stereocenters. The number of nitrogens with zero attached hydrogens (tertiary/aromatic N) is 2. The number of fused-ring (bicyclic) bond motifs is 2. The minimum absolute atomic E-state index is 0.394. The van der Waals surface area contributed by atoms with Crippen molar-refractivity contribution in [3.8, 4) is 0 Å². The molecular formula is C17H19N3. The third kappa shape index (κ3) is 1.85. The smallest absolute Gasteiger partial charge is 0.136 e. The van der Waals surface area contributed by atoms with Crippen molar-refractivity contribution in [3.05, 3.63) is 58.2 Å². The van der Waals surface area contributed by atoms with Gasteiger partial charge in [0.15, 0.2) is 0 Å². The largest absolute Gasteiger partial charge is 0.312 e. The van der Waals surface area contributed by atoms with E-state index in [1.165, 1.54) is 22.4 Å². The number of rotatable bonds is 1. The highest BCUT2D eigenvalue weighted by atomic mass is 15.0. The SMILES string of the molecule is Cc1nc(C2CCc3ccccc32)nc2c1CNCC2. The van der Waals surface area contributed by atoms with Crippen LogP contribution in [0.1, 0.15) is 46.2 Å². The van der Waals surface area contributed by atoms with Crippen LogP contribution in [0, 0.1) is 6.92 Å². The van der Waals surface area contributed by atoms with Gasteiger partial charge in [-0.1, -0.05) is 24.3 Å². The third-order valence-electron chi connectivity index (χ3n) is 4.60. The van der Waals surface area contributed by atoms with Gasteiger partial charge >= 0.3 is 0 Å². The maximum atomic E-state index is 4.90. The van der Waals surface area contributed by atoms with Crippen LogP contribution in [0.25, 0.3) is 0 Å². The molecule has 4 rings (SSSR count). The van der Waals surface area contributed by atoms with Crippen LogP contribution in [0.5, 0.6) is 0 Å². The standard InChI is InChI=1S/C17H19N3/c1-11-15-10-18-9-8-16(15)20-17(19-11)14-7-6-12-4-2-3-5-13(12)14/h2-5,14,18H,6-10H2,1H3. The van der Waals surface area contributed by atoms with Crippen molar-refractivity contribution in [1.82, 2.24) is 15.3 Å². The van der Waals surface area contributed by atoms with Gasteiger partial charge in [-0.15, -0.1) is 0 Å². The minimum atomic E-state index is 0.394. The van der Waals surface area contributed by atoms with E-state index in [4.69, 9.17) is 9.97 Å². The van der Waals surface area contributed by atoms with Crippen molar-refractivity contribution < 1.29 is 0 Å². The molecule has 1 aromatic carbocycles. The first-order valence-corrected chi connectivity index (χ1v) is 7.48. The van der Waals surface area contributed by atoms with E-state index in [0.29, 0.717) is 5.92 Å². The fourth-order valence-corrected chi connectivity index (χ4v) is 3.52. The van der Waals surface area contributed by atoms with Crippen molar-refractivity contribution in [2.75, 3.05) is 6.54 Å². The van der Waals surface area contributed by atoms with Crippen LogP contribution in [-0.4, -0.2) is 16.5 Å². The van der Waals surface area contributed by atoms with E-state index in [2.05, 4.69) is 36.5 Å². The lowest BCUT2D eigenvalue weighted by Crippen LogP contribution is -2.27. The van der Waals surface area contributed by atoms with Crippen molar-refractivity contribution >= 4 is 0 Å². The Bertz CT molecular complexity index is 663. The van der Waals surface area contributed by atoms with Gasteiger partial charge in [0.05, 0.1) is 5.69 Å². The van der Waals surface area contributed by atoms with E-state index in [-0.39, 0.29) is 0 Å². The zero-order chi connectivity index (χ0) is 13.5. The fraction of sp³-hybridized carbons (Fsp3) is 0.412. The number of aryl methyl sites for hydroxylation is 2. The second-order valence-electron chi connectivity index (χ2n) is 5.81. The van der Waals surface area contributed by atoms with Crippen LogP contribution >= 0.6 is 0 Å². The Kier molecular flexibility index (Phi) is 2.81. The molecule has 0 bridgehead atoms. The molecule has 1 N–H and O–H groups in total. The number of benzene rings is 1. The van der Waals surface area contributed by atoms with Crippen LogP contribution < -0.4 is 5.32 Å². The first-order valence-electron chi connectivity index (χ1n) is 7.48. The Morgan fingerprint density at radius 3 is 3.00 bits per heavy atom. The van der Waals surface area contributed by atoms with E-state index >= 15 is 0 Å². The van der Waals surface area contributed by atoms with E-state index in [1.54, 1.807) is 0 Å². The number of hydrogen-bond donors (Lipinski definition) is 1. The average molecular weight is 265 g/mol. The summed E-state index contributed by atoms with van der Waals surface area (Å²) in [4.78, 5) is 9.72. The third-order valence-corrected chi connectivity index (χ3v) is 4.60. The van der Waals surface area contributed by atoms with Gasteiger partial charge in [-0.3, -0.25) is 0 Å². The van der Waals surface area contributed by atoms with Crippen LogP contribution in [0.2, 0.25) is 0 Å². The second-order valence-corrected chi connectivity index (χ2v) is 5.81. The van der Waals surface area contributed by atoms with Crippen molar-refractivity contribution in [3.63, 3.8) is 0 Å². The van der Waals surface area contributed by atoms with Gasteiger partial charge in [0, 0.05) is 36.7 Å². The highest BCUT2D eigenvalue weighted by Crippen LogP contribution is 2.36. The van der Waals surface area contributed by atoms with E-state index in [0.717, 1.165) is 43.9 Å². The summed E-state index contributed by atoms with van der Waals surface area (Å²) in [5.41, 5.74) is 6.63. The van der Waals surface area contributed by atoms with Gasteiger partial charge in [0.1, 0.15) is 5.82 Å². The number of hydrogen-bond acceptors (Lipinski definition) is 3. The summed E-state index contributed by atoms with van der Waals surface area (Å²) in [6.07, 6.45) is 3.33. The van der Waals surface area contributed by atoms with Gasteiger partial charge in [0.2, 0.25) is 0 Å². The van der Waals surface area contributed by atoms with Gasteiger partial charge in [-0.25, -0.2) is 9.97 Å². The number of nitrogens with one attached hydrogen (secondary N) is 1. The molecular weight excluding hydrogens is 246 g/mol. The van der Waals surface area contributed by atoms with Gasteiger partial charge in [0.25, 0.3) is 0 Å². The van der Waals surface area contributed by atoms with Crippen molar-refractivity contribution in [2.24, 2.45) is 0 Å². The molecule has 0 fully saturated rings. The molecule has 1 aliphatic heterocycles. The Labute approximate surface area is 119 Å². The highest BCUT2D eigenvalue weighted by molar-refractivity contribution is 5.40. The van der Waals surface area contributed by atoms with E-state index in [1.807, 2.05) is 0 Å². The summed E-state index contributed by atoms with van der Waals surface area (Å²) in [7, 11) is 0. The van der Waals surface area contributed by atoms with Gasteiger partial charge < -0.3 is 5.32 Å². The predicted molar refractivity (Wildman–Crippen MR) is 78.8 cm³/mol. The second kappa shape index (κ2) is 4.67. The average Bonchev–Trinajstić information content (AvgIpc) is 2.91. The Morgan fingerprint density at radius 2 is 2.05 bits per heavy atom. The molecule has 2 heterocycles. The van der Waals surface area contributed by atoms with E-state index < -0.39 is 0 Å². The summed E-state index contributed by atoms with van der Waals surface area (Å²) in [6, 6.07) is 8.75.